The predicted molar refractivity (Wildman–Crippen MR) is 76.5 cm³/mol. The Morgan fingerprint density at radius 3 is 2.81 bits per heavy atom. The van der Waals surface area contributed by atoms with E-state index >= 15 is 0 Å². The first-order valence-electron chi connectivity index (χ1n) is 5.91. The highest BCUT2D eigenvalue weighted by molar-refractivity contribution is 7.18. The maximum absolute atomic E-state index is 12.3. The van der Waals surface area contributed by atoms with Crippen molar-refractivity contribution in [3.05, 3.63) is 40.6 Å². The molecule has 21 heavy (non-hydrogen) atoms. The van der Waals surface area contributed by atoms with Gasteiger partial charge in [-0.25, -0.2) is 4.98 Å². The van der Waals surface area contributed by atoms with Crippen LogP contribution < -0.4 is 11.1 Å². The van der Waals surface area contributed by atoms with E-state index in [2.05, 4.69) is 10.3 Å². The molecule has 0 bridgehead atoms. The Hall–Kier alpha value is -2.55. The lowest BCUT2D eigenvalue weighted by molar-refractivity contribution is -0.380. The lowest BCUT2D eigenvalue weighted by Gasteiger charge is -2.30. The molecule has 2 atom stereocenters. The zero-order valence-corrected chi connectivity index (χ0v) is 11.8. The van der Waals surface area contributed by atoms with Crippen molar-refractivity contribution in [1.82, 2.24) is 4.98 Å². The number of nitrogens with zero attached hydrogens (tertiary/aromatic N) is 2. The minimum absolute atomic E-state index is 0.0986. The molecular formula is C12H12N4O4S. The number of nitro groups is 1. The van der Waals surface area contributed by atoms with Gasteiger partial charge in [-0.1, -0.05) is 24.3 Å². The molecule has 0 saturated heterocycles. The third kappa shape index (κ3) is 2.82. The molecule has 2 unspecified atom stereocenters. The SMILES string of the molecule is CC1(C(N)=O)C=CC=CC1C(=O)Nc1ncc([N+](=O)[O-])s1. The van der Waals surface area contributed by atoms with Gasteiger partial charge in [0.25, 0.3) is 0 Å². The van der Waals surface area contributed by atoms with Gasteiger partial charge in [0.15, 0.2) is 5.13 Å². The van der Waals surface area contributed by atoms with Gasteiger partial charge in [-0.15, -0.1) is 0 Å². The zero-order valence-electron chi connectivity index (χ0n) is 11.0. The van der Waals surface area contributed by atoms with E-state index in [0.29, 0.717) is 0 Å². The van der Waals surface area contributed by atoms with Crippen molar-refractivity contribution in [2.24, 2.45) is 17.1 Å². The summed E-state index contributed by atoms with van der Waals surface area (Å²) in [4.78, 5) is 37.6. The Morgan fingerprint density at radius 1 is 1.52 bits per heavy atom. The molecule has 0 spiro atoms. The number of primary amides is 1. The van der Waals surface area contributed by atoms with E-state index in [0.717, 1.165) is 17.5 Å². The summed E-state index contributed by atoms with van der Waals surface area (Å²) in [5.74, 6) is -1.93. The van der Waals surface area contributed by atoms with Gasteiger partial charge in [-0.3, -0.25) is 19.7 Å². The molecule has 0 radical (unpaired) electrons. The minimum atomic E-state index is -1.15. The summed E-state index contributed by atoms with van der Waals surface area (Å²) in [7, 11) is 0. The first-order valence-corrected chi connectivity index (χ1v) is 6.73. The van der Waals surface area contributed by atoms with Crippen LogP contribution in [0.5, 0.6) is 0 Å². The molecule has 1 heterocycles. The highest BCUT2D eigenvalue weighted by Gasteiger charge is 2.41. The van der Waals surface area contributed by atoms with E-state index in [1.165, 1.54) is 0 Å². The van der Waals surface area contributed by atoms with E-state index in [9.17, 15) is 19.7 Å². The molecular weight excluding hydrogens is 296 g/mol. The predicted octanol–water partition coefficient (Wildman–Crippen LogP) is 1.22. The van der Waals surface area contributed by atoms with Gasteiger partial charge in [0.2, 0.25) is 11.8 Å². The Labute approximate surface area is 123 Å². The average Bonchev–Trinajstić information content (AvgIpc) is 2.87. The number of hydrogen-bond donors (Lipinski definition) is 2. The van der Waals surface area contributed by atoms with Gasteiger partial charge in [0.1, 0.15) is 6.20 Å². The molecule has 0 aromatic carbocycles. The summed E-state index contributed by atoms with van der Waals surface area (Å²) in [6, 6.07) is 0. The molecule has 0 fully saturated rings. The van der Waals surface area contributed by atoms with Crippen LogP contribution in [0.4, 0.5) is 10.1 Å². The topological polar surface area (TPSA) is 128 Å². The average molecular weight is 308 g/mol. The molecule has 1 aliphatic carbocycles. The van der Waals surface area contributed by atoms with Crippen molar-refractivity contribution in [2.45, 2.75) is 6.92 Å². The third-order valence-electron chi connectivity index (χ3n) is 3.22. The lowest BCUT2D eigenvalue weighted by atomic mass is 9.73. The van der Waals surface area contributed by atoms with Crippen molar-refractivity contribution in [3.63, 3.8) is 0 Å². The third-order valence-corrected chi connectivity index (χ3v) is 4.08. The van der Waals surface area contributed by atoms with Crippen molar-refractivity contribution in [3.8, 4) is 0 Å². The number of thiazole rings is 1. The minimum Gasteiger partial charge on any atom is -0.369 e. The molecule has 8 nitrogen and oxygen atoms in total. The molecule has 0 aliphatic heterocycles. The lowest BCUT2D eigenvalue weighted by Crippen LogP contribution is -2.44. The second-order valence-electron chi connectivity index (χ2n) is 4.62. The number of carbonyl (C=O) groups is 2. The van der Waals surface area contributed by atoms with Crippen LogP contribution in [0.15, 0.2) is 30.5 Å². The molecule has 1 aromatic heterocycles. The van der Waals surface area contributed by atoms with Crippen LogP contribution in [-0.2, 0) is 9.59 Å². The number of nitrogens with two attached hydrogens (primary N) is 1. The van der Waals surface area contributed by atoms with Crippen LogP contribution in [0.1, 0.15) is 6.92 Å². The second kappa shape index (κ2) is 5.44. The summed E-state index contributed by atoms with van der Waals surface area (Å²) in [6.45, 7) is 1.56. The van der Waals surface area contributed by atoms with Gasteiger partial charge >= 0.3 is 5.00 Å². The van der Waals surface area contributed by atoms with Gasteiger partial charge in [-0.2, -0.15) is 0 Å². The summed E-state index contributed by atoms with van der Waals surface area (Å²) in [5.41, 5.74) is 4.21. The maximum Gasteiger partial charge on any atom is 0.345 e. The Kier molecular flexibility index (Phi) is 3.85. The van der Waals surface area contributed by atoms with Crippen LogP contribution in [0, 0.1) is 21.4 Å². The smallest absolute Gasteiger partial charge is 0.345 e. The fraction of sp³-hybridized carbons (Fsp3) is 0.250. The summed E-state index contributed by atoms with van der Waals surface area (Å²) in [5, 5.41) is 13.0. The van der Waals surface area contributed by atoms with Gasteiger partial charge in [-0.05, 0) is 18.3 Å². The Bertz CT molecular complexity index is 666. The van der Waals surface area contributed by atoms with E-state index in [4.69, 9.17) is 5.73 Å². The summed E-state index contributed by atoms with van der Waals surface area (Å²) in [6.07, 6.45) is 7.46. The number of nitrogens with one attached hydrogen (secondary N) is 1. The fourth-order valence-electron chi connectivity index (χ4n) is 1.92. The molecule has 9 heteroatoms. The molecule has 3 N–H and O–H groups in total. The van der Waals surface area contributed by atoms with Crippen molar-refractivity contribution >= 4 is 33.3 Å². The second-order valence-corrected chi connectivity index (χ2v) is 5.63. The monoisotopic (exact) mass is 308 g/mol. The van der Waals surface area contributed by atoms with Gasteiger partial charge in [0, 0.05) is 0 Å². The maximum atomic E-state index is 12.3. The molecule has 2 rings (SSSR count). The molecule has 2 amide bonds. The fourth-order valence-corrected chi connectivity index (χ4v) is 2.56. The molecule has 110 valence electrons. The van der Waals surface area contributed by atoms with Crippen LogP contribution in [0.3, 0.4) is 0 Å². The van der Waals surface area contributed by atoms with Crippen LogP contribution in [0.2, 0.25) is 0 Å². The van der Waals surface area contributed by atoms with Crippen molar-refractivity contribution < 1.29 is 14.5 Å². The van der Waals surface area contributed by atoms with E-state index in [1.54, 1.807) is 31.2 Å². The first-order chi connectivity index (χ1) is 9.84. The standard InChI is InChI=1S/C12H12N4O4S/c1-12(10(13)18)5-3-2-4-7(12)9(17)15-11-14-6-8(21-11)16(19)20/h2-7H,1H3,(H2,13,18)(H,14,15,17). The normalized spacial score (nSPS) is 23.8. The van der Waals surface area contributed by atoms with Crippen LogP contribution >= 0.6 is 11.3 Å². The summed E-state index contributed by atoms with van der Waals surface area (Å²) < 4.78 is 0. The van der Waals surface area contributed by atoms with E-state index in [-0.39, 0.29) is 10.1 Å². The Balaban J connectivity index is 2.18. The van der Waals surface area contributed by atoms with Crippen molar-refractivity contribution in [1.29, 1.82) is 0 Å². The number of aromatic nitrogens is 1. The van der Waals surface area contributed by atoms with E-state index < -0.39 is 28.1 Å². The number of rotatable bonds is 4. The first kappa shape index (κ1) is 14.9. The summed E-state index contributed by atoms with van der Waals surface area (Å²) >= 11 is 0.741. The highest BCUT2D eigenvalue weighted by Crippen LogP contribution is 2.34. The zero-order chi connectivity index (χ0) is 15.6. The quantitative estimate of drug-likeness (QED) is 0.638. The number of allylic oxidation sites excluding steroid dienone is 2. The van der Waals surface area contributed by atoms with Crippen LogP contribution in [0.25, 0.3) is 0 Å². The number of anilines is 1. The van der Waals surface area contributed by atoms with Crippen LogP contribution in [-0.4, -0.2) is 21.7 Å². The van der Waals surface area contributed by atoms with Gasteiger partial charge < -0.3 is 11.1 Å². The van der Waals surface area contributed by atoms with Crippen molar-refractivity contribution in [2.75, 3.05) is 5.32 Å². The van der Waals surface area contributed by atoms with Gasteiger partial charge in [0.05, 0.1) is 16.3 Å². The molecule has 1 aliphatic rings. The van der Waals surface area contributed by atoms with E-state index in [1.807, 2.05) is 0 Å². The number of amides is 2. The Morgan fingerprint density at radius 2 is 2.24 bits per heavy atom. The molecule has 1 aromatic rings. The number of carbonyl (C=O) groups excluding carboxylic acids is 2. The number of hydrogen-bond acceptors (Lipinski definition) is 6. The molecule has 0 saturated carbocycles. The largest absolute Gasteiger partial charge is 0.369 e. The highest BCUT2D eigenvalue weighted by atomic mass is 32.1.